The van der Waals surface area contributed by atoms with Crippen LogP contribution < -0.4 is 10.0 Å². The van der Waals surface area contributed by atoms with Crippen molar-refractivity contribution >= 4 is 38.4 Å². The molecule has 138 valence electrons. The monoisotopic (exact) mass is 396 g/mol. The summed E-state index contributed by atoms with van der Waals surface area (Å²) in [5.74, 6) is -1.27. The molecule has 1 aliphatic carbocycles. The largest absolute Gasteiger partial charge is 0.461 e. The number of carbonyl (C=O) groups is 2. The van der Waals surface area contributed by atoms with Crippen LogP contribution in [0.2, 0.25) is 0 Å². The number of hydrogen-bond acceptors (Lipinski definition) is 8. The van der Waals surface area contributed by atoms with Crippen LogP contribution in [0.15, 0.2) is 29.2 Å². The lowest BCUT2D eigenvalue weighted by Gasteiger charge is -2.08. The minimum atomic E-state index is -3.67. The first-order valence-corrected chi connectivity index (χ1v) is 10.1. The van der Waals surface area contributed by atoms with E-state index in [-0.39, 0.29) is 33.8 Å². The number of carbonyl (C=O) groups excluding carboxylic acids is 2. The minimum absolute atomic E-state index is 0.00472. The average molecular weight is 396 g/mol. The standard InChI is InChI=1S/C15H16N4O5S2/c1-2-24-15(21)12-14(25-19-17-12)16-13(20)9-4-3-5-11(8-9)26(22,23)18-10-6-7-10/h3-5,8,10,18H,2,6-7H2,1H3,(H,16,20). The van der Waals surface area contributed by atoms with Crippen LogP contribution in [-0.2, 0) is 14.8 Å². The van der Waals surface area contributed by atoms with Gasteiger partial charge in [-0.05, 0) is 38.0 Å². The van der Waals surface area contributed by atoms with Crippen molar-refractivity contribution in [2.24, 2.45) is 0 Å². The second-order valence-corrected chi connectivity index (χ2v) is 8.02. The first-order valence-electron chi connectivity index (χ1n) is 7.84. The second kappa shape index (κ2) is 7.48. The van der Waals surface area contributed by atoms with Crippen molar-refractivity contribution in [2.45, 2.75) is 30.7 Å². The van der Waals surface area contributed by atoms with Gasteiger partial charge in [-0.1, -0.05) is 10.6 Å². The van der Waals surface area contributed by atoms with E-state index in [1.54, 1.807) is 6.92 Å². The van der Waals surface area contributed by atoms with Crippen LogP contribution in [0.3, 0.4) is 0 Å². The van der Waals surface area contributed by atoms with Crippen molar-refractivity contribution in [2.75, 3.05) is 11.9 Å². The SMILES string of the molecule is CCOC(=O)c1nnsc1NC(=O)c1cccc(S(=O)(=O)NC2CC2)c1. The highest BCUT2D eigenvalue weighted by Crippen LogP contribution is 2.23. The van der Waals surface area contributed by atoms with Crippen LogP contribution in [0.4, 0.5) is 5.00 Å². The fourth-order valence-electron chi connectivity index (χ4n) is 2.07. The maximum atomic E-state index is 12.4. The van der Waals surface area contributed by atoms with Gasteiger partial charge in [-0.3, -0.25) is 4.79 Å². The maximum Gasteiger partial charge on any atom is 0.362 e. The number of aromatic nitrogens is 2. The van der Waals surface area contributed by atoms with Crippen molar-refractivity contribution in [3.63, 3.8) is 0 Å². The van der Waals surface area contributed by atoms with Crippen LogP contribution in [-0.4, -0.2) is 42.5 Å². The molecule has 1 aliphatic rings. The number of anilines is 1. The lowest BCUT2D eigenvalue weighted by molar-refractivity contribution is 0.0520. The molecule has 2 N–H and O–H groups in total. The number of nitrogens with one attached hydrogen (secondary N) is 2. The molecule has 11 heteroatoms. The molecule has 1 saturated carbocycles. The van der Waals surface area contributed by atoms with E-state index < -0.39 is 21.9 Å². The molecule has 9 nitrogen and oxygen atoms in total. The summed E-state index contributed by atoms with van der Waals surface area (Å²) in [7, 11) is -3.67. The number of amides is 1. The van der Waals surface area contributed by atoms with E-state index in [4.69, 9.17) is 4.74 Å². The van der Waals surface area contributed by atoms with Gasteiger partial charge in [0.05, 0.1) is 11.5 Å². The minimum Gasteiger partial charge on any atom is -0.461 e. The number of esters is 1. The normalized spacial score (nSPS) is 14.0. The summed E-state index contributed by atoms with van der Waals surface area (Å²) in [6, 6.07) is 5.61. The molecule has 1 amide bonds. The Morgan fingerprint density at radius 3 is 2.81 bits per heavy atom. The molecular formula is C15H16N4O5S2. The average Bonchev–Trinajstić information content (AvgIpc) is 3.29. The summed E-state index contributed by atoms with van der Waals surface area (Å²) in [5, 5.41) is 6.30. The van der Waals surface area contributed by atoms with E-state index in [9.17, 15) is 18.0 Å². The molecule has 0 saturated heterocycles. The zero-order valence-electron chi connectivity index (χ0n) is 13.8. The molecule has 3 rings (SSSR count). The lowest BCUT2D eigenvalue weighted by Crippen LogP contribution is -2.26. The molecule has 1 fully saturated rings. The van der Waals surface area contributed by atoms with E-state index >= 15 is 0 Å². The molecule has 1 heterocycles. The molecule has 0 spiro atoms. The Morgan fingerprint density at radius 1 is 1.35 bits per heavy atom. The van der Waals surface area contributed by atoms with E-state index in [0.717, 1.165) is 24.4 Å². The van der Waals surface area contributed by atoms with Gasteiger partial charge in [0.1, 0.15) is 0 Å². The number of rotatable bonds is 7. The summed E-state index contributed by atoms with van der Waals surface area (Å²) in [6.45, 7) is 1.81. The highest BCUT2D eigenvalue weighted by atomic mass is 32.2. The van der Waals surface area contributed by atoms with E-state index in [1.807, 2.05) is 0 Å². The van der Waals surface area contributed by atoms with Crippen molar-refractivity contribution in [3.05, 3.63) is 35.5 Å². The van der Waals surface area contributed by atoms with Gasteiger partial charge in [-0.2, -0.15) is 0 Å². The van der Waals surface area contributed by atoms with E-state index in [1.165, 1.54) is 24.3 Å². The first kappa shape index (κ1) is 18.4. The molecule has 1 aromatic heterocycles. The van der Waals surface area contributed by atoms with Gasteiger partial charge in [-0.15, -0.1) is 5.10 Å². The van der Waals surface area contributed by atoms with Gasteiger partial charge in [0, 0.05) is 23.1 Å². The highest BCUT2D eigenvalue weighted by molar-refractivity contribution is 7.89. The third-order valence-electron chi connectivity index (χ3n) is 3.49. The summed E-state index contributed by atoms with van der Waals surface area (Å²) < 4.78 is 35.6. The second-order valence-electron chi connectivity index (χ2n) is 5.55. The number of benzene rings is 1. The number of ether oxygens (including phenoxy) is 1. The van der Waals surface area contributed by atoms with Crippen LogP contribution >= 0.6 is 11.5 Å². The Labute approximate surface area is 154 Å². The molecule has 26 heavy (non-hydrogen) atoms. The Balaban J connectivity index is 1.78. The predicted octanol–water partition coefficient (Wildman–Crippen LogP) is 1.41. The Hall–Kier alpha value is -2.37. The summed E-state index contributed by atoms with van der Waals surface area (Å²) in [6.07, 6.45) is 1.63. The quantitative estimate of drug-likeness (QED) is 0.677. The number of nitrogens with zero attached hydrogens (tertiary/aromatic N) is 2. The zero-order valence-corrected chi connectivity index (χ0v) is 15.4. The summed E-state index contributed by atoms with van der Waals surface area (Å²) in [5.41, 5.74) is 0.0382. The third-order valence-corrected chi connectivity index (χ3v) is 5.65. The topological polar surface area (TPSA) is 127 Å². The van der Waals surface area contributed by atoms with Crippen molar-refractivity contribution < 1.29 is 22.7 Å². The van der Waals surface area contributed by atoms with Gasteiger partial charge in [-0.25, -0.2) is 17.9 Å². The zero-order chi connectivity index (χ0) is 18.7. The van der Waals surface area contributed by atoms with E-state index in [2.05, 4.69) is 19.6 Å². The van der Waals surface area contributed by atoms with Crippen molar-refractivity contribution in [1.29, 1.82) is 0 Å². The van der Waals surface area contributed by atoms with Gasteiger partial charge >= 0.3 is 5.97 Å². The van der Waals surface area contributed by atoms with Crippen LogP contribution in [0.5, 0.6) is 0 Å². The maximum absolute atomic E-state index is 12.4. The smallest absolute Gasteiger partial charge is 0.362 e. The van der Waals surface area contributed by atoms with Crippen LogP contribution in [0.25, 0.3) is 0 Å². The molecule has 0 unspecified atom stereocenters. The van der Waals surface area contributed by atoms with Gasteiger partial charge in [0.2, 0.25) is 15.7 Å². The molecular weight excluding hydrogens is 380 g/mol. The van der Waals surface area contributed by atoms with E-state index in [0.29, 0.717) is 0 Å². The lowest BCUT2D eigenvalue weighted by atomic mass is 10.2. The Bertz CT molecular complexity index is 937. The number of hydrogen-bond donors (Lipinski definition) is 2. The summed E-state index contributed by atoms with van der Waals surface area (Å²) in [4.78, 5) is 24.2. The number of sulfonamides is 1. The highest BCUT2D eigenvalue weighted by Gasteiger charge is 2.28. The predicted molar refractivity (Wildman–Crippen MR) is 93.6 cm³/mol. The van der Waals surface area contributed by atoms with Gasteiger partial charge in [0.15, 0.2) is 5.00 Å². The van der Waals surface area contributed by atoms with Gasteiger partial charge < -0.3 is 10.1 Å². The van der Waals surface area contributed by atoms with Crippen molar-refractivity contribution in [1.82, 2.24) is 14.3 Å². The van der Waals surface area contributed by atoms with Crippen LogP contribution in [0, 0.1) is 0 Å². The molecule has 0 aliphatic heterocycles. The Morgan fingerprint density at radius 2 is 2.12 bits per heavy atom. The van der Waals surface area contributed by atoms with Crippen LogP contribution in [0.1, 0.15) is 40.6 Å². The first-order chi connectivity index (χ1) is 12.4. The van der Waals surface area contributed by atoms with Gasteiger partial charge in [0.25, 0.3) is 5.91 Å². The third kappa shape index (κ3) is 4.23. The molecule has 1 aromatic carbocycles. The Kier molecular flexibility index (Phi) is 5.30. The fourth-order valence-corrected chi connectivity index (χ4v) is 3.98. The van der Waals surface area contributed by atoms with Crippen molar-refractivity contribution in [3.8, 4) is 0 Å². The molecule has 0 atom stereocenters. The fraction of sp³-hybridized carbons (Fsp3) is 0.333. The molecule has 2 aromatic rings. The molecule has 0 radical (unpaired) electrons. The summed E-state index contributed by atoms with van der Waals surface area (Å²) >= 11 is 0.829. The molecule has 0 bridgehead atoms.